The van der Waals surface area contributed by atoms with Gasteiger partial charge in [-0.05, 0) is 25.5 Å². The van der Waals surface area contributed by atoms with Gasteiger partial charge in [0.15, 0.2) is 0 Å². The molecule has 3 N–H and O–H groups in total. The molecule has 0 saturated heterocycles. The summed E-state index contributed by atoms with van der Waals surface area (Å²) in [6.45, 7) is 4.55. The first kappa shape index (κ1) is 10.3. The Morgan fingerprint density at radius 2 is 2.31 bits per heavy atom. The fourth-order valence-electron chi connectivity index (χ4n) is 1.01. The lowest BCUT2D eigenvalue weighted by Gasteiger charge is -2.10. The molecule has 0 radical (unpaired) electrons. The van der Waals surface area contributed by atoms with Gasteiger partial charge in [0.25, 0.3) is 0 Å². The van der Waals surface area contributed by atoms with Gasteiger partial charge in [0.05, 0.1) is 5.02 Å². The maximum absolute atomic E-state index is 5.86. The standard InChI is InChI=1S/C9H14ClN3/c1-6(2)13-9-3-7(4-11)8(10)5-12-9/h3,5-6H,4,11H2,1-2H3,(H,12,13). The molecular formula is C9H14ClN3. The summed E-state index contributed by atoms with van der Waals surface area (Å²) < 4.78 is 0. The number of nitrogens with one attached hydrogen (secondary N) is 1. The molecule has 72 valence electrons. The van der Waals surface area contributed by atoms with Gasteiger partial charge in [-0.25, -0.2) is 4.98 Å². The van der Waals surface area contributed by atoms with Gasteiger partial charge >= 0.3 is 0 Å². The summed E-state index contributed by atoms with van der Waals surface area (Å²) in [5, 5.41) is 3.80. The van der Waals surface area contributed by atoms with Gasteiger partial charge in [-0.15, -0.1) is 0 Å². The summed E-state index contributed by atoms with van der Waals surface area (Å²) in [5.41, 5.74) is 6.43. The summed E-state index contributed by atoms with van der Waals surface area (Å²) >= 11 is 5.86. The molecule has 1 heterocycles. The van der Waals surface area contributed by atoms with E-state index in [1.54, 1.807) is 6.20 Å². The van der Waals surface area contributed by atoms with Crippen LogP contribution in [-0.4, -0.2) is 11.0 Å². The first-order chi connectivity index (χ1) is 6.13. The normalized spacial score (nSPS) is 10.5. The number of halogens is 1. The molecular weight excluding hydrogens is 186 g/mol. The predicted molar refractivity (Wildman–Crippen MR) is 55.9 cm³/mol. The molecule has 0 aliphatic rings. The zero-order valence-corrected chi connectivity index (χ0v) is 8.60. The van der Waals surface area contributed by atoms with Crippen molar-refractivity contribution in [2.45, 2.75) is 26.4 Å². The average Bonchev–Trinajstić information content (AvgIpc) is 2.07. The lowest BCUT2D eigenvalue weighted by Crippen LogP contribution is -2.11. The van der Waals surface area contributed by atoms with Crippen molar-refractivity contribution in [1.82, 2.24) is 4.98 Å². The quantitative estimate of drug-likeness (QED) is 0.783. The van der Waals surface area contributed by atoms with Crippen LogP contribution < -0.4 is 11.1 Å². The van der Waals surface area contributed by atoms with Crippen LogP contribution in [0.1, 0.15) is 19.4 Å². The minimum Gasteiger partial charge on any atom is -0.368 e. The Bertz CT molecular complexity index is 286. The van der Waals surface area contributed by atoms with E-state index in [4.69, 9.17) is 17.3 Å². The first-order valence-electron chi connectivity index (χ1n) is 4.24. The van der Waals surface area contributed by atoms with Crippen molar-refractivity contribution < 1.29 is 0 Å². The largest absolute Gasteiger partial charge is 0.368 e. The second-order valence-corrected chi connectivity index (χ2v) is 3.57. The number of rotatable bonds is 3. The molecule has 0 amide bonds. The number of nitrogens with two attached hydrogens (primary N) is 1. The Morgan fingerprint density at radius 1 is 1.62 bits per heavy atom. The Morgan fingerprint density at radius 3 is 2.85 bits per heavy atom. The van der Waals surface area contributed by atoms with Crippen LogP contribution >= 0.6 is 11.6 Å². The molecule has 0 fully saturated rings. The molecule has 0 saturated carbocycles. The number of hydrogen-bond donors (Lipinski definition) is 2. The monoisotopic (exact) mass is 199 g/mol. The van der Waals surface area contributed by atoms with Crippen molar-refractivity contribution in [3.63, 3.8) is 0 Å². The zero-order chi connectivity index (χ0) is 9.84. The molecule has 1 aromatic rings. The predicted octanol–water partition coefficient (Wildman–Crippen LogP) is 2.01. The molecule has 0 unspecified atom stereocenters. The Hall–Kier alpha value is -0.800. The molecule has 0 aromatic carbocycles. The highest BCUT2D eigenvalue weighted by Crippen LogP contribution is 2.17. The number of nitrogens with zero attached hydrogens (tertiary/aromatic N) is 1. The SMILES string of the molecule is CC(C)Nc1cc(CN)c(Cl)cn1. The third kappa shape index (κ3) is 2.86. The van der Waals surface area contributed by atoms with Crippen LogP contribution in [0.15, 0.2) is 12.3 Å². The van der Waals surface area contributed by atoms with Gasteiger partial charge in [0.1, 0.15) is 5.82 Å². The van der Waals surface area contributed by atoms with Crippen LogP contribution in [0, 0.1) is 0 Å². The number of pyridine rings is 1. The molecule has 1 aromatic heterocycles. The molecule has 0 bridgehead atoms. The van der Waals surface area contributed by atoms with Crippen molar-refractivity contribution in [3.8, 4) is 0 Å². The highest BCUT2D eigenvalue weighted by atomic mass is 35.5. The van der Waals surface area contributed by atoms with E-state index >= 15 is 0 Å². The zero-order valence-electron chi connectivity index (χ0n) is 7.84. The average molecular weight is 200 g/mol. The molecule has 0 aliphatic heterocycles. The number of aromatic nitrogens is 1. The smallest absolute Gasteiger partial charge is 0.126 e. The van der Waals surface area contributed by atoms with Gasteiger partial charge in [-0.1, -0.05) is 11.6 Å². The van der Waals surface area contributed by atoms with E-state index < -0.39 is 0 Å². The molecule has 1 rings (SSSR count). The van der Waals surface area contributed by atoms with Crippen LogP contribution in [0.25, 0.3) is 0 Å². The van der Waals surface area contributed by atoms with E-state index in [1.807, 2.05) is 6.07 Å². The molecule has 0 atom stereocenters. The van der Waals surface area contributed by atoms with E-state index in [-0.39, 0.29) is 0 Å². The molecule has 0 spiro atoms. The van der Waals surface area contributed by atoms with Gasteiger partial charge in [-0.3, -0.25) is 0 Å². The highest BCUT2D eigenvalue weighted by molar-refractivity contribution is 6.31. The summed E-state index contributed by atoms with van der Waals surface area (Å²) in [5.74, 6) is 0.819. The first-order valence-corrected chi connectivity index (χ1v) is 4.62. The van der Waals surface area contributed by atoms with Crippen LogP contribution in [0.3, 0.4) is 0 Å². The van der Waals surface area contributed by atoms with Gasteiger partial charge in [0, 0.05) is 18.8 Å². The Labute approximate surface area is 83.3 Å². The second-order valence-electron chi connectivity index (χ2n) is 3.16. The van der Waals surface area contributed by atoms with Crippen LogP contribution in [0.4, 0.5) is 5.82 Å². The molecule has 13 heavy (non-hydrogen) atoms. The van der Waals surface area contributed by atoms with Crippen molar-refractivity contribution in [2.75, 3.05) is 5.32 Å². The molecule has 0 aliphatic carbocycles. The lowest BCUT2D eigenvalue weighted by atomic mass is 10.2. The molecule has 4 heteroatoms. The van der Waals surface area contributed by atoms with Crippen LogP contribution in [0.5, 0.6) is 0 Å². The topological polar surface area (TPSA) is 50.9 Å². The lowest BCUT2D eigenvalue weighted by molar-refractivity contribution is 0.887. The minimum atomic E-state index is 0.360. The van der Waals surface area contributed by atoms with Crippen molar-refractivity contribution >= 4 is 17.4 Å². The van der Waals surface area contributed by atoms with Crippen LogP contribution in [0.2, 0.25) is 5.02 Å². The summed E-state index contributed by atoms with van der Waals surface area (Å²) in [4.78, 5) is 4.13. The van der Waals surface area contributed by atoms with E-state index in [2.05, 4.69) is 24.1 Å². The third-order valence-electron chi connectivity index (χ3n) is 1.59. The summed E-state index contributed by atoms with van der Waals surface area (Å²) in [7, 11) is 0. The number of anilines is 1. The van der Waals surface area contributed by atoms with E-state index in [0.29, 0.717) is 17.6 Å². The second kappa shape index (κ2) is 4.44. The third-order valence-corrected chi connectivity index (χ3v) is 1.93. The van der Waals surface area contributed by atoms with Gasteiger partial charge in [0.2, 0.25) is 0 Å². The Balaban J connectivity index is 2.86. The van der Waals surface area contributed by atoms with Crippen molar-refractivity contribution in [2.24, 2.45) is 5.73 Å². The Kier molecular flexibility index (Phi) is 3.51. The summed E-state index contributed by atoms with van der Waals surface area (Å²) in [6.07, 6.45) is 1.62. The van der Waals surface area contributed by atoms with Crippen LogP contribution in [-0.2, 0) is 6.54 Å². The minimum absolute atomic E-state index is 0.360. The fraction of sp³-hybridized carbons (Fsp3) is 0.444. The summed E-state index contributed by atoms with van der Waals surface area (Å²) in [6, 6.07) is 2.24. The van der Waals surface area contributed by atoms with Crippen molar-refractivity contribution in [3.05, 3.63) is 22.8 Å². The van der Waals surface area contributed by atoms with Gasteiger partial charge < -0.3 is 11.1 Å². The van der Waals surface area contributed by atoms with Crippen molar-refractivity contribution in [1.29, 1.82) is 0 Å². The maximum atomic E-state index is 5.86. The highest BCUT2D eigenvalue weighted by Gasteiger charge is 2.02. The van der Waals surface area contributed by atoms with E-state index in [1.165, 1.54) is 0 Å². The van der Waals surface area contributed by atoms with E-state index in [9.17, 15) is 0 Å². The van der Waals surface area contributed by atoms with Gasteiger partial charge in [-0.2, -0.15) is 0 Å². The molecule has 3 nitrogen and oxygen atoms in total. The fourth-order valence-corrected chi connectivity index (χ4v) is 1.19. The number of hydrogen-bond acceptors (Lipinski definition) is 3. The maximum Gasteiger partial charge on any atom is 0.126 e. The van der Waals surface area contributed by atoms with E-state index in [0.717, 1.165) is 11.4 Å².